The molecule has 2 aromatic carbocycles. The molecule has 0 nitrogen and oxygen atoms in total. The molecule has 2 aliphatic carbocycles. The maximum Gasteiger partial charge on any atom is 0.127 e. The van der Waals surface area contributed by atoms with Crippen LogP contribution >= 0.6 is 0 Å². The van der Waals surface area contributed by atoms with Gasteiger partial charge in [-0.25, -0.2) is 4.39 Å². The van der Waals surface area contributed by atoms with Gasteiger partial charge < -0.3 is 0 Å². The van der Waals surface area contributed by atoms with Gasteiger partial charge >= 0.3 is 0 Å². The van der Waals surface area contributed by atoms with E-state index in [0.717, 1.165) is 41.3 Å². The van der Waals surface area contributed by atoms with E-state index in [-0.39, 0.29) is 5.82 Å². The molecule has 0 atom stereocenters. The van der Waals surface area contributed by atoms with Crippen LogP contribution < -0.4 is 0 Å². The van der Waals surface area contributed by atoms with Crippen molar-refractivity contribution >= 4 is 7.85 Å². The molecule has 0 aliphatic heterocycles. The van der Waals surface area contributed by atoms with Gasteiger partial charge in [0.05, 0.1) is 0 Å². The zero-order valence-electron chi connectivity index (χ0n) is 16.0. The van der Waals surface area contributed by atoms with Crippen LogP contribution in [0.2, 0.25) is 5.82 Å². The largest absolute Gasteiger partial charge is 0.207 e. The summed E-state index contributed by atoms with van der Waals surface area (Å²) in [5.41, 5.74) is 4.53. The lowest BCUT2D eigenvalue weighted by Crippen LogP contribution is -2.11. The molecule has 26 heavy (non-hydrogen) atoms. The Hall–Kier alpha value is -1.57. The molecule has 0 heterocycles. The van der Waals surface area contributed by atoms with Crippen molar-refractivity contribution in [3.63, 3.8) is 0 Å². The van der Waals surface area contributed by atoms with E-state index < -0.39 is 0 Å². The number of hydrogen-bond donors (Lipinski definition) is 0. The van der Waals surface area contributed by atoms with Crippen LogP contribution in [0, 0.1) is 5.82 Å². The summed E-state index contributed by atoms with van der Waals surface area (Å²) in [5.74, 6) is 1.93. The lowest BCUT2D eigenvalue weighted by atomic mass is 9.70. The predicted molar refractivity (Wildman–Crippen MR) is 111 cm³/mol. The van der Waals surface area contributed by atoms with Crippen LogP contribution in [0.5, 0.6) is 0 Å². The molecule has 2 aliphatic rings. The van der Waals surface area contributed by atoms with Gasteiger partial charge in [-0.05, 0) is 65.8 Å². The van der Waals surface area contributed by atoms with E-state index in [9.17, 15) is 4.39 Å². The van der Waals surface area contributed by atoms with E-state index in [1.165, 1.54) is 50.5 Å². The van der Waals surface area contributed by atoms with E-state index >= 15 is 0 Å². The van der Waals surface area contributed by atoms with Gasteiger partial charge in [-0.3, -0.25) is 0 Å². The molecule has 0 spiro atoms. The van der Waals surface area contributed by atoms with Crippen LogP contribution in [0.4, 0.5) is 4.39 Å². The standard InChI is InChI=1S/C24H30BF/c25-22-13-10-20(11-14-22)23-15-12-21(16-24(23)26)19-8-6-18(7-9-19)17-4-2-1-3-5-17/h6-9,12,15-17,20,22H,1-5,10-11,13-14,25H2. The summed E-state index contributed by atoms with van der Waals surface area (Å²) in [4.78, 5) is 0. The monoisotopic (exact) mass is 348 g/mol. The molecule has 0 unspecified atom stereocenters. The van der Waals surface area contributed by atoms with Crippen molar-refractivity contribution in [2.45, 2.75) is 75.4 Å². The second-order valence-corrected chi connectivity index (χ2v) is 8.65. The van der Waals surface area contributed by atoms with Gasteiger partial charge in [0.15, 0.2) is 0 Å². The molecular formula is C24H30BF. The van der Waals surface area contributed by atoms with Gasteiger partial charge in [0.25, 0.3) is 0 Å². The van der Waals surface area contributed by atoms with Crippen LogP contribution in [0.1, 0.15) is 80.8 Å². The second-order valence-electron chi connectivity index (χ2n) is 8.65. The van der Waals surface area contributed by atoms with Gasteiger partial charge in [0.1, 0.15) is 13.7 Å². The Morgan fingerprint density at radius 1 is 0.692 bits per heavy atom. The van der Waals surface area contributed by atoms with Crippen LogP contribution in [-0.2, 0) is 0 Å². The Bertz CT molecular complexity index is 722. The minimum absolute atomic E-state index is 0.0154. The third-order valence-corrected chi connectivity index (χ3v) is 6.78. The van der Waals surface area contributed by atoms with Gasteiger partial charge in [-0.2, -0.15) is 0 Å². The molecule has 0 amide bonds. The molecule has 0 bridgehead atoms. The van der Waals surface area contributed by atoms with E-state index in [1.807, 2.05) is 6.07 Å². The maximum atomic E-state index is 14.8. The average molecular weight is 348 g/mol. The van der Waals surface area contributed by atoms with E-state index in [1.54, 1.807) is 6.07 Å². The lowest BCUT2D eigenvalue weighted by Gasteiger charge is -2.27. The van der Waals surface area contributed by atoms with Crippen molar-refractivity contribution in [3.8, 4) is 11.1 Å². The quantitative estimate of drug-likeness (QED) is 0.547. The molecule has 2 saturated carbocycles. The minimum Gasteiger partial charge on any atom is -0.207 e. The van der Waals surface area contributed by atoms with E-state index in [4.69, 9.17) is 0 Å². The van der Waals surface area contributed by atoms with Crippen molar-refractivity contribution < 1.29 is 4.39 Å². The SMILES string of the molecule is BC1CCC(c2ccc(-c3ccc(C4CCCCC4)cc3)cc2F)CC1. The lowest BCUT2D eigenvalue weighted by molar-refractivity contribution is 0.430. The number of benzene rings is 2. The zero-order chi connectivity index (χ0) is 17.9. The number of rotatable bonds is 3. The Labute approximate surface area is 158 Å². The Kier molecular flexibility index (Phi) is 5.48. The van der Waals surface area contributed by atoms with Crippen molar-refractivity contribution in [1.82, 2.24) is 0 Å². The second kappa shape index (κ2) is 7.98. The molecular weight excluding hydrogens is 318 g/mol. The smallest absolute Gasteiger partial charge is 0.127 e. The van der Waals surface area contributed by atoms with Crippen LogP contribution in [0.25, 0.3) is 11.1 Å². The van der Waals surface area contributed by atoms with Crippen molar-refractivity contribution in [2.75, 3.05) is 0 Å². The molecule has 2 heteroatoms. The fourth-order valence-electron chi connectivity index (χ4n) is 4.99. The summed E-state index contributed by atoms with van der Waals surface area (Å²) in [7, 11) is 2.31. The first kappa shape index (κ1) is 17.8. The fourth-order valence-corrected chi connectivity index (χ4v) is 4.99. The summed E-state index contributed by atoms with van der Waals surface area (Å²) in [5, 5.41) is 0. The number of halogens is 1. The van der Waals surface area contributed by atoms with Crippen molar-refractivity contribution in [1.29, 1.82) is 0 Å². The summed E-state index contributed by atoms with van der Waals surface area (Å²) in [6.07, 6.45) is 11.5. The van der Waals surface area contributed by atoms with Crippen molar-refractivity contribution in [3.05, 3.63) is 59.4 Å². The van der Waals surface area contributed by atoms with Gasteiger partial charge in [0, 0.05) is 0 Å². The molecule has 0 N–H and O–H groups in total. The molecule has 0 saturated heterocycles. The first-order valence-electron chi connectivity index (χ1n) is 10.6. The topological polar surface area (TPSA) is 0 Å². The Balaban J connectivity index is 1.50. The fraction of sp³-hybridized carbons (Fsp3) is 0.500. The van der Waals surface area contributed by atoms with Gasteiger partial charge in [-0.1, -0.05) is 74.3 Å². The molecule has 0 aromatic heterocycles. The van der Waals surface area contributed by atoms with Crippen LogP contribution in [-0.4, -0.2) is 7.85 Å². The molecule has 0 radical (unpaired) electrons. The first-order chi connectivity index (χ1) is 12.7. The highest BCUT2D eigenvalue weighted by molar-refractivity contribution is 6.11. The van der Waals surface area contributed by atoms with Gasteiger partial charge in [-0.15, -0.1) is 0 Å². The van der Waals surface area contributed by atoms with Crippen LogP contribution in [0.3, 0.4) is 0 Å². The number of hydrogen-bond acceptors (Lipinski definition) is 0. The van der Waals surface area contributed by atoms with E-state index in [2.05, 4.69) is 38.2 Å². The normalized spacial score (nSPS) is 24.5. The zero-order valence-corrected chi connectivity index (χ0v) is 16.0. The highest BCUT2D eigenvalue weighted by Crippen LogP contribution is 2.39. The average Bonchev–Trinajstić information content (AvgIpc) is 2.70. The Morgan fingerprint density at radius 2 is 1.35 bits per heavy atom. The third-order valence-electron chi connectivity index (χ3n) is 6.78. The van der Waals surface area contributed by atoms with Crippen LogP contribution in [0.15, 0.2) is 42.5 Å². The Morgan fingerprint density at radius 3 is 2.00 bits per heavy atom. The molecule has 4 rings (SSSR count). The van der Waals surface area contributed by atoms with Crippen molar-refractivity contribution in [2.24, 2.45) is 0 Å². The minimum atomic E-state index is -0.0154. The molecule has 136 valence electrons. The summed E-state index contributed by atoms with van der Waals surface area (Å²) in [6.45, 7) is 0. The van der Waals surface area contributed by atoms with E-state index in [0.29, 0.717) is 5.92 Å². The third kappa shape index (κ3) is 3.90. The maximum absolute atomic E-state index is 14.8. The summed E-state index contributed by atoms with van der Waals surface area (Å²) < 4.78 is 14.8. The predicted octanol–water partition coefficient (Wildman–Crippen LogP) is 6.62. The molecule has 2 aromatic rings. The first-order valence-corrected chi connectivity index (χ1v) is 10.6. The highest BCUT2D eigenvalue weighted by Gasteiger charge is 2.22. The van der Waals surface area contributed by atoms with Gasteiger partial charge in [0.2, 0.25) is 0 Å². The summed E-state index contributed by atoms with van der Waals surface area (Å²) in [6, 6.07) is 14.8. The highest BCUT2D eigenvalue weighted by atomic mass is 19.1. The summed E-state index contributed by atoms with van der Waals surface area (Å²) >= 11 is 0. The molecule has 2 fully saturated rings.